The van der Waals surface area contributed by atoms with Crippen LogP contribution in [0.4, 0.5) is 0 Å². The van der Waals surface area contributed by atoms with Crippen molar-refractivity contribution in [1.29, 1.82) is 0 Å². The van der Waals surface area contributed by atoms with Crippen molar-refractivity contribution in [3.05, 3.63) is 23.8 Å². The first kappa shape index (κ1) is 21.7. The third-order valence-electron chi connectivity index (χ3n) is 5.23. The number of sulfonamides is 1. The molecule has 1 heterocycles. The van der Waals surface area contributed by atoms with Gasteiger partial charge in [0.2, 0.25) is 15.9 Å². The zero-order chi connectivity index (χ0) is 20.2. The fourth-order valence-electron chi connectivity index (χ4n) is 3.23. The zero-order valence-corrected chi connectivity index (χ0v) is 17.8. The standard InChI is InChI=1S/C20H32N2O4S/c1-6-15(4)21-20(23)17-8-7-11-22(13-17)27(24,25)19-12-16(14(2)3)9-10-18(19)26-5/h9-10,12,14-15,17H,6-8,11,13H2,1-5H3,(H,21,23)/t15-,17+/m1/s1. The van der Waals surface area contributed by atoms with E-state index in [1.54, 1.807) is 12.1 Å². The smallest absolute Gasteiger partial charge is 0.246 e. The van der Waals surface area contributed by atoms with Gasteiger partial charge in [-0.2, -0.15) is 4.31 Å². The van der Waals surface area contributed by atoms with Crippen molar-refractivity contribution < 1.29 is 17.9 Å². The van der Waals surface area contributed by atoms with Gasteiger partial charge in [-0.3, -0.25) is 4.79 Å². The molecule has 0 unspecified atom stereocenters. The Labute approximate surface area is 163 Å². The number of hydrogen-bond donors (Lipinski definition) is 1. The highest BCUT2D eigenvalue weighted by Gasteiger charge is 2.35. The Kier molecular flexibility index (Phi) is 7.28. The highest BCUT2D eigenvalue weighted by Crippen LogP contribution is 2.32. The highest BCUT2D eigenvalue weighted by atomic mass is 32.2. The van der Waals surface area contributed by atoms with Crippen LogP contribution in [0.15, 0.2) is 23.1 Å². The number of nitrogens with zero attached hydrogens (tertiary/aromatic N) is 1. The molecular weight excluding hydrogens is 364 g/mol. The molecule has 0 spiro atoms. The summed E-state index contributed by atoms with van der Waals surface area (Å²) < 4.78 is 33.3. The van der Waals surface area contributed by atoms with E-state index < -0.39 is 10.0 Å². The van der Waals surface area contributed by atoms with Crippen LogP contribution >= 0.6 is 0 Å². The van der Waals surface area contributed by atoms with E-state index in [0.717, 1.165) is 12.0 Å². The summed E-state index contributed by atoms with van der Waals surface area (Å²) in [4.78, 5) is 12.7. The first-order chi connectivity index (χ1) is 12.7. The van der Waals surface area contributed by atoms with Crippen LogP contribution in [0.5, 0.6) is 5.75 Å². The van der Waals surface area contributed by atoms with Gasteiger partial charge in [-0.25, -0.2) is 8.42 Å². The fourth-order valence-corrected chi connectivity index (χ4v) is 4.95. The maximum absolute atomic E-state index is 13.3. The highest BCUT2D eigenvalue weighted by molar-refractivity contribution is 7.89. The second kappa shape index (κ2) is 9.06. The van der Waals surface area contributed by atoms with E-state index in [9.17, 15) is 13.2 Å². The molecule has 1 fully saturated rings. The Balaban J connectivity index is 2.28. The fraction of sp³-hybridized carbons (Fsp3) is 0.650. The molecule has 1 aromatic rings. The molecule has 0 aromatic heterocycles. The molecule has 1 N–H and O–H groups in total. The van der Waals surface area contributed by atoms with Crippen molar-refractivity contribution in [2.24, 2.45) is 5.92 Å². The third kappa shape index (κ3) is 5.02. The van der Waals surface area contributed by atoms with Gasteiger partial charge in [0.25, 0.3) is 0 Å². The van der Waals surface area contributed by atoms with Gasteiger partial charge < -0.3 is 10.1 Å². The monoisotopic (exact) mass is 396 g/mol. The zero-order valence-electron chi connectivity index (χ0n) is 17.0. The molecular formula is C20H32N2O4S. The molecule has 2 rings (SSSR count). The minimum Gasteiger partial charge on any atom is -0.495 e. The molecule has 0 radical (unpaired) electrons. The SMILES string of the molecule is CC[C@@H](C)NC(=O)[C@H]1CCCN(S(=O)(=O)c2cc(C(C)C)ccc2OC)C1. The number of methoxy groups -OCH3 is 1. The predicted molar refractivity (Wildman–Crippen MR) is 106 cm³/mol. The summed E-state index contributed by atoms with van der Waals surface area (Å²) in [6.45, 7) is 8.64. The van der Waals surface area contributed by atoms with Crippen molar-refractivity contribution in [1.82, 2.24) is 9.62 Å². The molecule has 0 saturated carbocycles. The second-order valence-corrected chi connectivity index (χ2v) is 9.49. The minimum atomic E-state index is -3.73. The lowest BCUT2D eigenvalue weighted by molar-refractivity contribution is -0.126. The van der Waals surface area contributed by atoms with Crippen molar-refractivity contribution in [2.45, 2.75) is 63.8 Å². The number of carbonyl (C=O) groups excluding carboxylic acids is 1. The maximum Gasteiger partial charge on any atom is 0.246 e. The van der Waals surface area contributed by atoms with Gasteiger partial charge in [0.05, 0.1) is 13.0 Å². The average molecular weight is 397 g/mol. The molecule has 1 aromatic carbocycles. The predicted octanol–water partition coefficient (Wildman–Crippen LogP) is 3.13. The molecule has 27 heavy (non-hydrogen) atoms. The molecule has 0 aliphatic carbocycles. The van der Waals surface area contributed by atoms with Gasteiger partial charge in [0, 0.05) is 19.1 Å². The molecule has 7 heteroatoms. The normalized spacial score (nSPS) is 19.7. The summed E-state index contributed by atoms with van der Waals surface area (Å²) >= 11 is 0. The van der Waals surface area contributed by atoms with Gasteiger partial charge in [0.1, 0.15) is 10.6 Å². The van der Waals surface area contributed by atoms with Crippen LogP contribution in [0.1, 0.15) is 58.4 Å². The minimum absolute atomic E-state index is 0.0628. The summed E-state index contributed by atoms with van der Waals surface area (Å²) in [6.07, 6.45) is 2.22. The van der Waals surface area contributed by atoms with E-state index in [1.807, 2.05) is 33.8 Å². The van der Waals surface area contributed by atoms with E-state index >= 15 is 0 Å². The van der Waals surface area contributed by atoms with Crippen LogP contribution in [0, 0.1) is 5.92 Å². The van der Waals surface area contributed by atoms with Crippen molar-refractivity contribution in [3.63, 3.8) is 0 Å². The molecule has 1 aliphatic heterocycles. The quantitative estimate of drug-likeness (QED) is 0.768. The molecule has 1 aliphatic rings. The van der Waals surface area contributed by atoms with E-state index in [1.165, 1.54) is 11.4 Å². The Morgan fingerprint density at radius 3 is 2.63 bits per heavy atom. The van der Waals surface area contributed by atoms with Crippen LogP contribution in [0.25, 0.3) is 0 Å². The number of benzene rings is 1. The van der Waals surface area contributed by atoms with E-state index in [4.69, 9.17) is 4.74 Å². The molecule has 2 atom stereocenters. The van der Waals surface area contributed by atoms with Crippen LogP contribution < -0.4 is 10.1 Å². The van der Waals surface area contributed by atoms with Crippen LogP contribution in [-0.2, 0) is 14.8 Å². The lowest BCUT2D eigenvalue weighted by Crippen LogP contribution is -2.47. The number of nitrogens with one attached hydrogen (secondary N) is 1. The first-order valence-electron chi connectivity index (χ1n) is 9.69. The largest absolute Gasteiger partial charge is 0.495 e. The second-order valence-electron chi connectivity index (χ2n) is 7.59. The summed E-state index contributed by atoms with van der Waals surface area (Å²) in [6, 6.07) is 5.38. The van der Waals surface area contributed by atoms with E-state index in [2.05, 4.69) is 5.32 Å². The number of piperidine rings is 1. The van der Waals surface area contributed by atoms with Crippen molar-refractivity contribution in [2.75, 3.05) is 20.2 Å². The van der Waals surface area contributed by atoms with E-state index in [0.29, 0.717) is 25.1 Å². The lowest BCUT2D eigenvalue weighted by atomic mass is 9.98. The maximum atomic E-state index is 13.3. The first-order valence-corrected chi connectivity index (χ1v) is 11.1. The lowest BCUT2D eigenvalue weighted by Gasteiger charge is -2.32. The van der Waals surface area contributed by atoms with E-state index in [-0.39, 0.29) is 35.2 Å². The van der Waals surface area contributed by atoms with Crippen molar-refractivity contribution >= 4 is 15.9 Å². The summed E-state index contributed by atoms with van der Waals surface area (Å²) in [5, 5.41) is 2.97. The van der Waals surface area contributed by atoms with Crippen LogP contribution in [-0.4, -0.2) is 44.9 Å². The summed E-state index contributed by atoms with van der Waals surface area (Å²) in [5.74, 6) is 0.166. The summed E-state index contributed by atoms with van der Waals surface area (Å²) in [5.41, 5.74) is 0.942. The Bertz CT molecular complexity index is 761. The Morgan fingerprint density at radius 2 is 2.04 bits per heavy atom. The topological polar surface area (TPSA) is 75.7 Å². The Morgan fingerprint density at radius 1 is 1.33 bits per heavy atom. The third-order valence-corrected chi connectivity index (χ3v) is 7.11. The van der Waals surface area contributed by atoms with Gasteiger partial charge in [-0.15, -0.1) is 0 Å². The number of rotatable bonds is 7. The number of hydrogen-bond acceptors (Lipinski definition) is 4. The van der Waals surface area contributed by atoms with Gasteiger partial charge in [0.15, 0.2) is 0 Å². The average Bonchev–Trinajstić information content (AvgIpc) is 2.67. The molecule has 152 valence electrons. The van der Waals surface area contributed by atoms with Crippen LogP contribution in [0.2, 0.25) is 0 Å². The molecule has 6 nitrogen and oxygen atoms in total. The van der Waals surface area contributed by atoms with Crippen molar-refractivity contribution in [3.8, 4) is 5.75 Å². The van der Waals surface area contributed by atoms with Gasteiger partial charge in [-0.05, 0) is 49.8 Å². The molecule has 1 amide bonds. The Hall–Kier alpha value is -1.60. The molecule has 0 bridgehead atoms. The van der Waals surface area contributed by atoms with Gasteiger partial charge >= 0.3 is 0 Å². The number of carbonyl (C=O) groups is 1. The van der Waals surface area contributed by atoms with Gasteiger partial charge in [-0.1, -0.05) is 26.8 Å². The van der Waals surface area contributed by atoms with Crippen LogP contribution in [0.3, 0.4) is 0 Å². The number of amides is 1. The number of ether oxygens (including phenoxy) is 1. The molecule has 1 saturated heterocycles. The summed E-state index contributed by atoms with van der Waals surface area (Å²) in [7, 11) is -2.26.